The number of halogens is 1. The Hall–Kier alpha value is -1.07. The molecular weight excluding hydrogens is 284 g/mol. The molecule has 0 atom stereocenters. The second kappa shape index (κ2) is 4.66. The largest absolute Gasteiger partial charge is 0.505 e. The first-order valence-electron chi connectivity index (χ1n) is 5.56. The number of carbonyl (C=O) groups is 1. The van der Waals surface area contributed by atoms with Gasteiger partial charge in [-0.15, -0.1) is 0 Å². The molecule has 1 aliphatic carbocycles. The maximum Gasteiger partial charge on any atom is 0.226 e. The summed E-state index contributed by atoms with van der Waals surface area (Å²) in [4.78, 5) is 11.8. The molecule has 0 aliphatic heterocycles. The normalized spacial score (nSPS) is 17.3. The van der Waals surface area contributed by atoms with Crippen LogP contribution in [-0.2, 0) is 4.79 Å². The number of benzene rings is 1. The van der Waals surface area contributed by atoms with Gasteiger partial charge in [0.25, 0.3) is 0 Å². The molecule has 92 valence electrons. The summed E-state index contributed by atoms with van der Waals surface area (Å²) < 4.78 is 0.557. The molecule has 4 nitrogen and oxygen atoms in total. The number of rotatable bonds is 3. The molecule has 1 saturated carbocycles. The molecule has 0 saturated heterocycles. The fourth-order valence-electron chi connectivity index (χ4n) is 1.94. The van der Waals surface area contributed by atoms with Crippen LogP contribution in [0.3, 0.4) is 0 Å². The smallest absolute Gasteiger partial charge is 0.226 e. The highest BCUT2D eigenvalue weighted by Gasteiger charge is 2.34. The summed E-state index contributed by atoms with van der Waals surface area (Å²) >= 11 is 3.20. The zero-order chi connectivity index (χ0) is 12.5. The Morgan fingerprint density at radius 1 is 1.53 bits per heavy atom. The third-order valence-electron chi connectivity index (χ3n) is 3.12. The molecule has 17 heavy (non-hydrogen) atoms. The predicted octanol–water partition coefficient (Wildman–Crippen LogP) is 2.36. The Balaban J connectivity index is 2.00. The standard InChI is InChI=1S/C12H15BrN2O2/c13-8-3-1-4-9(11(8)17)15-10(16)7-12(14)5-2-6-12/h1,3-4,17H,2,5-7,14H2,(H,15,16). The van der Waals surface area contributed by atoms with Crippen molar-refractivity contribution in [3.8, 4) is 5.75 Å². The quantitative estimate of drug-likeness (QED) is 0.750. The number of hydrogen-bond acceptors (Lipinski definition) is 3. The first-order valence-corrected chi connectivity index (χ1v) is 6.36. The first kappa shape index (κ1) is 12.4. The Morgan fingerprint density at radius 3 is 2.82 bits per heavy atom. The second-order valence-corrected chi connectivity index (χ2v) is 5.43. The van der Waals surface area contributed by atoms with Crippen LogP contribution >= 0.6 is 15.9 Å². The first-order chi connectivity index (χ1) is 8.00. The van der Waals surface area contributed by atoms with Gasteiger partial charge in [0.05, 0.1) is 10.2 Å². The van der Waals surface area contributed by atoms with E-state index >= 15 is 0 Å². The fourth-order valence-corrected chi connectivity index (χ4v) is 2.30. The van der Waals surface area contributed by atoms with E-state index in [1.54, 1.807) is 18.2 Å². The minimum Gasteiger partial charge on any atom is -0.505 e. The van der Waals surface area contributed by atoms with Crippen molar-refractivity contribution in [1.82, 2.24) is 0 Å². The van der Waals surface area contributed by atoms with Gasteiger partial charge >= 0.3 is 0 Å². The predicted molar refractivity (Wildman–Crippen MR) is 69.8 cm³/mol. The maximum absolute atomic E-state index is 11.8. The zero-order valence-corrected chi connectivity index (χ0v) is 11.0. The molecule has 0 unspecified atom stereocenters. The third-order valence-corrected chi connectivity index (χ3v) is 3.76. The number of nitrogens with one attached hydrogen (secondary N) is 1. The molecule has 2 rings (SSSR count). The lowest BCUT2D eigenvalue weighted by atomic mass is 9.75. The molecule has 1 amide bonds. The van der Waals surface area contributed by atoms with Crippen molar-refractivity contribution in [3.05, 3.63) is 22.7 Å². The minimum atomic E-state index is -0.342. The Labute approximate surface area is 108 Å². The summed E-state index contributed by atoms with van der Waals surface area (Å²) in [6.45, 7) is 0. The van der Waals surface area contributed by atoms with Crippen molar-refractivity contribution in [1.29, 1.82) is 0 Å². The van der Waals surface area contributed by atoms with Crippen LogP contribution < -0.4 is 11.1 Å². The molecule has 0 heterocycles. The van der Waals surface area contributed by atoms with E-state index in [0.29, 0.717) is 16.6 Å². The summed E-state index contributed by atoms with van der Waals surface area (Å²) in [7, 11) is 0. The molecule has 0 spiro atoms. The monoisotopic (exact) mass is 298 g/mol. The van der Waals surface area contributed by atoms with Gasteiger partial charge in [0.2, 0.25) is 5.91 Å². The summed E-state index contributed by atoms with van der Waals surface area (Å²) in [5.41, 5.74) is 6.06. The van der Waals surface area contributed by atoms with Crippen LogP contribution in [0.25, 0.3) is 0 Å². The van der Waals surface area contributed by atoms with Gasteiger partial charge < -0.3 is 16.2 Å². The molecule has 4 N–H and O–H groups in total. The summed E-state index contributed by atoms with van der Waals surface area (Å²) in [5, 5.41) is 12.4. The van der Waals surface area contributed by atoms with Crippen molar-refractivity contribution in [2.24, 2.45) is 5.73 Å². The minimum absolute atomic E-state index is 0.0422. The highest BCUT2D eigenvalue weighted by Crippen LogP contribution is 2.34. The lowest BCUT2D eigenvalue weighted by Gasteiger charge is -2.37. The van der Waals surface area contributed by atoms with Crippen LogP contribution in [0.4, 0.5) is 5.69 Å². The maximum atomic E-state index is 11.8. The summed E-state index contributed by atoms with van der Waals surface area (Å²) in [5.74, 6) is -0.110. The molecule has 5 heteroatoms. The van der Waals surface area contributed by atoms with E-state index < -0.39 is 0 Å². The fraction of sp³-hybridized carbons (Fsp3) is 0.417. The van der Waals surface area contributed by atoms with E-state index in [9.17, 15) is 9.90 Å². The number of carbonyl (C=O) groups excluding carboxylic acids is 1. The number of amides is 1. The van der Waals surface area contributed by atoms with Crippen molar-refractivity contribution in [2.75, 3.05) is 5.32 Å². The molecule has 1 aliphatic rings. The topological polar surface area (TPSA) is 75.4 Å². The van der Waals surface area contributed by atoms with E-state index in [0.717, 1.165) is 19.3 Å². The number of para-hydroxylation sites is 1. The molecule has 0 bridgehead atoms. The van der Waals surface area contributed by atoms with E-state index in [1.807, 2.05) is 0 Å². The van der Waals surface area contributed by atoms with Gasteiger partial charge in [0.1, 0.15) is 0 Å². The van der Waals surface area contributed by atoms with Gasteiger partial charge in [-0.1, -0.05) is 6.07 Å². The average Bonchev–Trinajstić information content (AvgIpc) is 2.22. The lowest BCUT2D eigenvalue weighted by Crippen LogP contribution is -2.48. The van der Waals surface area contributed by atoms with Crippen LogP contribution in [0.2, 0.25) is 0 Å². The van der Waals surface area contributed by atoms with Crippen LogP contribution in [0.15, 0.2) is 22.7 Å². The summed E-state index contributed by atoms with van der Waals surface area (Å²) in [6, 6.07) is 5.12. The molecule has 0 radical (unpaired) electrons. The van der Waals surface area contributed by atoms with Crippen LogP contribution in [-0.4, -0.2) is 16.6 Å². The van der Waals surface area contributed by atoms with Gasteiger partial charge in [-0.3, -0.25) is 4.79 Å². The van der Waals surface area contributed by atoms with Crippen LogP contribution in [0.5, 0.6) is 5.75 Å². The van der Waals surface area contributed by atoms with Crippen LogP contribution in [0.1, 0.15) is 25.7 Å². The number of aromatic hydroxyl groups is 1. The van der Waals surface area contributed by atoms with Gasteiger partial charge in [-0.2, -0.15) is 0 Å². The second-order valence-electron chi connectivity index (χ2n) is 4.58. The number of phenols is 1. The molecule has 0 aromatic heterocycles. The highest BCUT2D eigenvalue weighted by atomic mass is 79.9. The van der Waals surface area contributed by atoms with E-state index in [2.05, 4.69) is 21.2 Å². The van der Waals surface area contributed by atoms with Gasteiger partial charge in [0, 0.05) is 12.0 Å². The van der Waals surface area contributed by atoms with Crippen molar-refractivity contribution in [2.45, 2.75) is 31.2 Å². The molecule has 1 aromatic carbocycles. The molecular formula is C12H15BrN2O2. The van der Waals surface area contributed by atoms with Crippen molar-refractivity contribution in [3.63, 3.8) is 0 Å². The number of phenolic OH excluding ortho intramolecular Hbond substituents is 1. The van der Waals surface area contributed by atoms with Gasteiger partial charge in [-0.05, 0) is 47.3 Å². The lowest BCUT2D eigenvalue weighted by molar-refractivity contribution is -0.118. The highest BCUT2D eigenvalue weighted by molar-refractivity contribution is 9.10. The molecule has 1 fully saturated rings. The SMILES string of the molecule is NC1(CC(=O)Nc2cccc(Br)c2O)CCC1. The van der Waals surface area contributed by atoms with Crippen molar-refractivity contribution >= 4 is 27.5 Å². The van der Waals surface area contributed by atoms with E-state index in [-0.39, 0.29) is 17.2 Å². The third kappa shape index (κ3) is 2.79. The Bertz CT molecular complexity index is 444. The Morgan fingerprint density at radius 2 is 2.24 bits per heavy atom. The summed E-state index contributed by atoms with van der Waals surface area (Å²) in [6.07, 6.45) is 3.18. The van der Waals surface area contributed by atoms with E-state index in [1.165, 1.54) is 0 Å². The molecule has 1 aromatic rings. The zero-order valence-electron chi connectivity index (χ0n) is 9.37. The Kier molecular flexibility index (Phi) is 3.40. The van der Waals surface area contributed by atoms with Crippen LogP contribution in [0, 0.1) is 0 Å². The average molecular weight is 299 g/mol. The van der Waals surface area contributed by atoms with Gasteiger partial charge in [-0.25, -0.2) is 0 Å². The van der Waals surface area contributed by atoms with Crippen molar-refractivity contribution < 1.29 is 9.90 Å². The van der Waals surface area contributed by atoms with E-state index in [4.69, 9.17) is 5.73 Å². The van der Waals surface area contributed by atoms with Gasteiger partial charge in [0.15, 0.2) is 5.75 Å². The number of nitrogens with two attached hydrogens (primary N) is 1. The number of anilines is 1. The number of hydrogen-bond donors (Lipinski definition) is 3.